The van der Waals surface area contributed by atoms with Crippen LogP contribution in [0.25, 0.3) is 0 Å². The summed E-state index contributed by atoms with van der Waals surface area (Å²) in [5, 5.41) is 12.2. The van der Waals surface area contributed by atoms with Crippen LogP contribution in [-0.2, 0) is 35.5 Å². The first kappa shape index (κ1) is 29.0. The Morgan fingerprint density at radius 3 is 2.12 bits per heavy atom. The molecule has 4 rings (SSSR count). The minimum Gasteiger partial charge on any atom is -0.750 e. The predicted octanol–water partition coefficient (Wildman–Crippen LogP) is 1.32. The topological polar surface area (TPSA) is 247 Å². The summed E-state index contributed by atoms with van der Waals surface area (Å²) in [5.74, 6) is -3.99. The maximum atomic E-state index is 13.5. The second kappa shape index (κ2) is 10.5. The molecule has 17 heteroatoms. The van der Waals surface area contributed by atoms with Crippen LogP contribution in [0.4, 0.5) is 17.1 Å². The zero-order valence-electron chi connectivity index (χ0n) is 19.8. The highest BCUT2D eigenvalue weighted by Gasteiger charge is 2.36. The van der Waals surface area contributed by atoms with Gasteiger partial charge in [0.25, 0.3) is 10.1 Å². The molecule has 40 heavy (non-hydrogen) atoms. The number of fused-ring (bicyclic) bond motifs is 2. The molecule has 1 atom stereocenters. The van der Waals surface area contributed by atoms with Gasteiger partial charge in [0.1, 0.15) is 4.90 Å². The van der Waals surface area contributed by atoms with Gasteiger partial charge in [0, 0.05) is 11.1 Å². The number of anilines is 3. The Labute approximate surface area is 228 Å². The summed E-state index contributed by atoms with van der Waals surface area (Å²) in [6.45, 7) is -0.735. The summed E-state index contributed by atoms with van der Waals surface area (Å²) >= 11 is -2.98. The lowest BCUT2D eigenvalue weighted by Gasteiger charge is -2.24. The quantitative estimate of drug-likeness (QED) is 0.119. The van der Waals surface area contributed by atoms with E-state index >= 15 is 0 Å². The van der Waals surface area contributed by atoms with E-state index in [0.717, 1.165) is 18.2 Å². The lowest BCUT2D eigenvalue weighted by Crippen LogP contribution is -2.25. The lowest BCUT2D eigenvalue weighted by atomic mass is 9.82. The van der Waals surface area contributed by atoms with Crippen LogP contribution in [0.1, 0.15) is 42.2 Å². The van der Waals surface area contributed by atoms with E-state index in [0.29, 0.717) is 6.07 Å². The number of rotatable bonds is 9. The summed E-state index contributed by atoms with van der Waals surface area (Å²) in [4.78, 5) is 37.2. The Morgan fingerprint density at radius 1 is 0.975 bits per heavy atom. The van der Waals surface area contributed by atoms with E-state index in [4.69, 9.17) is 5.73 Å². The summed E-state index contributed by atoms with van der Waals surface area (Å²) in [5.41, 5.74) is 2.60. The molecular weight excluding hydrogens is 592 g/mol. The molecule has 1 unspecified atom stereocenters. The zero-order valence-corrected chi connectivity index (χ0v) is 22.3. The molecule has 3 aromatic rings. The van der Waals surface area contributed by atoms with Crippen molar-refractivity contribution < 1.29 is 53.8 Å². The van der Waals surface area contributed by atoms with E-state index in [-0.39, 0.29) is 11.1 Å². The number of nitrogens with one attached hydrogen (secondary N) is 1. The maximum Gasteiger partial charge on any atom is 0.337 e. The van der Waals surface area contributed by atoms with Crippen LogP contribution in [0, 0.1) is 0 Å². The van der Waals surface area contributed by atoms with E-state index < -0.39 is 105 Å². The van der Waals surface area contributed by atoms with Crippen LogP contribution in [0.2, 0.25) is 0 Å². The molecule has 5 N–H and O–H groups in total. The largest absolute Gasteiger partial charge is 0.750 e. The number of nitrogen functional groups attached to an aromatic ring is 1. The van der Waals surface area contributed by atoms with Gasteiger partial charge in [-0.2, -0.15) is 8.42 Å². The Morgan fingerprint density at radius 2 is 1.57 bits per heavy atom. The fourth-order valence-electron chi connectivity index (χ4n) is 4.09. The van der Waals surface area contributed by atoms with Gasteiger partial charge in [0.05, 0.1) is 62.4 Å². The van der Waals surface area contributed by atoms with Crippen LogP contribution in [0.5, 0.6) is 0 Å². The highest BCUT2D eigenvalue weighted by atomic mass is 32.2. The highest BCUT2D eigenvalue weighted by Crippen LogP contribution is 2.40. The van der Waals surface area contributed by atoms with Crippen molar-refractivity contribution in [3.8, 4) is 0 Å². The van der Waals surface area contributed by atoms with E-state index in [1.165, 1.54) is 24.3 Å². The van der Waals surface area contributed by atoms with Crippen LogP contribution < -0.4 is 11.1 Å². The van der Waals surface area contributed by atoms with Gasteiger partial charge in [-0.1, -0.05) is 24.3 Å². The van der Waals surface area contributed by atoms with Gasteiger partial charge in [0.2, 0.25) is 0 Å². The average Bonchev–Trinajstić information content (AvgIpc) is 2.86. The van der Waals surface area contributed by atoms with Crippen molar-refractivity contribution in [1.82, 2.24) is 0 Å². The molecule has 0 bridgehead atoms. The third kappa shape index (κ3) is 5.37. The summed E-state index contributed by atoms with van der Waals surface area (Å²) in [6.07, 6.45) is 0. The number of carbonyl (C=O) groups is 3. The van der Waals surface area contributed by atoms with E-state index in [1.54, 1.807) is 0 Å². The number of nitrogens with two attached hydrogens (primary N) is 1. The minimum atomic E-state index is -5.08. The molecule has 0 aliphatic heterocycles. The Balaban J connectivity index is 1.93. The number of benzene rings is 3. The molecule has 0 fully saturated rings. The van der Waals surface area contributed by atoms with Crippen molar-refractivity contribution in [3.05, 3.63) is 76.3 Å². The van der Waals surface area contributed by atoms with Crippen molar-refractivity contribution in [3.63, 3.8) is 0 Å². The van der Waals surface area contributed by atoms with Gasteiger partial charge in [-0.05, 0) is 24.3 Å². The SMILES string of the molecule is Nc1c(S(=O)(=O)O)cc(Nc2cc(S(=O)(=O)CCOS(=O)[O-])ccc2C(=O)O)c2c1C(=O)c1ccccc1C2=O. The number of hydrogen-bond acceptors (Lipinski definition) is 12. The molecule has 0 heterocycles. The summed E-state index contributed by atoms with van der Waals surface area (Å²) in [6, 6.07) is 8.99. The van der Waals surface area contributed by atoms with Crippen molar-refractivity contribution in [2.75, 3.05) is 23.4 Å². The normalized spacial score (nSPS) is 13.8. The van der Waals surface area contributed by atoms with Gasteiger partial charge >= 0.3 is 5.97 Å². The van der Waals surface area contributed by atoms with E-state index in [9.17, 15) is 49.6 Å². The zero-order chi connectivity index (χ0) is 29.6. The molecule has 0 radical (unpaired) electrons. The van der Waals surface area contributed by atoms with Crippen molar-refractivity contribution in [2.24, 2.45) is 0 Å². The van der Waals surface area contributed by atoms with Gasteiger partial charge in [0.15, 0.2) is 21.4 Å². The first-order valence-corrected chi connectivity index (χ1v) is 14.9. The average molecular weight is 610 g/mol. The fourth-order valence-corrected chi connectivity index (χ4v) is 6.17. The maximum absolute atomic E-state index is 13.5. The minimum absolute atomic E-state index is 0.0624. The lowest BCUT2D eigenvalue weighted by molar-refractivity contribution is 0.0697. The highest BCUT2D eigenvalue weighted by molar-refractivity contribution is 7.91. The first-order valence-electron chi connectivity index (χ1n) is 10.9. The molecule has 0 amide bonds. The smallest absolute Gasteiger partial charge is 0.337 e. The van der Waals surface area contributed by atoms with Crippen LogP contribution in [-0.4, -0.2) is 65.2 Å². The van der Waals surface area contributed by atoms with Crippen molar-refractivity contribution >= 4 is 65.9 Å². The Kier molecular flexibility index (Phi) is 7.63. The molecule has 210 valence electrons. The third-order valence-corrected chi connectivity index (χ3v) is 8.79. The van der Waals surface area contributed by atoms with E-state index in [1.807, 2.05) is 0 Å². The van der Waals surface area contributed by atoms with Gasteiger partial charge < -0.3 is 20.7 Å². The van der Waals surface area contributed by atoms with Gasteiger partial charge in [-0.15, -0.1) is 0 Å². The van der Waals surface area contributed by atoms with Crippen molar-refractivity contribution in [1.29, 1.82) is 0 Å². The third-order valence-electron chi connectivity index (χ3n) is 5.86. The Hall–Kier alpha value is -4.00. The van der Waals surface area contributed by atoms with Gasteiger partial charge in [-0.25, -0.2) is 17.4 Å². The number of aromatic carboxylic acids is 1. The second-order valence-electron chi connectivity index (χ2n) is 8.25. The van der Waals surface area contributed by atoms with Gasteiger partial charge in [-0.3, -0.25) is 18.3 Å². The molecule has 0 aromatic heterocycles. The van der Waals surface area contributed by atoms with Crippen molar-refractivity contribution in [2.45, 2.75) is 9.79 Å². The molecular formula is C23H17N2O12S3-. The number of carbonyl (C=O) groups excluding carboxylic acids is 2. The number of sulfone groups is 1. The second-order valence-corrected chi connectivity index (χ2v) is 12.4. The Bertz CT molecular complexity index is 1850. The number of carboxylic acid groups (broad SMARTS) is 1. The first-order chi connectivity index (χ1) is 18.6. The molecule has 1 aliphatic rings. The number of ketones is 2. The van der Waals surface area contributed by atoms with Crippen LogP contribution >= 0.6 is 0 Å². The molecule has 0 saturated heterocycles. The number of hydrogen-bond donors (Lipinski definition) is 4. The molecule has 3 aromatic carbocycles. The fraction of sp³-hybridized carbons (Fsp3) is 0.0870. The summed E-state index contributed by atoms with van der Waals surface area (Å²) in [7, 11) is -9.32. The predicted molar refractivity (Wildman–Crippen MR) is 138 cm³/mol. The monoisotopic (exact) mass is 609 g/mol. The molecule has 0 saturated carbocycles. The molecule has 14 nitrogen and oxygen atoms in total. The number of carboxylic acids is 1. The van der Waals surface area contributed by atoms with E-state index in [2.05, 4.69) is 9.50 Å². The van der Waals surface area contributed by atoms with Crippen LogP contribution in [0.15, 0.2) is 58.3 Å². The van der Waals surface area contributed by atoms with Crippen LogP contribution in [0.3, 0.4) is 0 Å². The molecule has 1 aliphatic carbocycles. The standard InChI is InChI=1S/C23H18N2O12S3/c24-20-17(40(34,35)36)10-16(18-19(20)22(27)13-4-2-1-3-12(13)21(18)26)25-15-9-11(5-6-14(15)23(28)29)39(32,33)8-7-37-38(30)31/h1-6,9-10,25H,7-8,24H2,(H,28,29)(H,30,31)(H,34,35,36)/p-1. The molecule has 0 spiro atoms. The summed E-state index contributed by atoms with van der Waals surface area (Å²) < 4.78 is 84.7.